The molecule has 0 unspecified atom stereocenters. The Hall–Kier alpha value is -1.32. The maximum Gasteiger partial charge on any atom is 0.503 e. The van der Waals surface area contributed by atoms with E-state index in [-0.39, 0.29) is 0 Å². The third-order valence-electron chi connectivity index (χ3n) is 0.392. The summed E-state index contributed by atoms with van der Waals surface area (Å²) in [5, 5.41) is 13.9. The van der Waals surface area contributed by atoms with E-state index in [1.54, 1.807) is 6.08 Å². The lowest BCUT2D eigenvalue weighted by molar-refractivity contribution is 0.137. The van der Waals surface area contributed by atoms with E-state index in [1.807, 2.05) is 0 Å². The summed E-state index contributed by atoms with van der Waals surface area (Å²) in [5.74, 6) is 0. The average Bonchev–Trinajstić information content (AvgIpc) is 1.82. The van der Waals surface area contributed by atoms with Gasteiger partial charge in [0.15, 0.2) is 0 Å². The summed E-state index contributed by atoms with van der Waals surface area (Å²) in [6, 6.07) is 0. The highest BCUT2D eigenvalue weighted by Gasteiger charge is 1.70. The molecule has 0 rings (SSSR count). The van der Waals surface area contributed by atoms with Crippen molar-refractivity contribution in [2.24, 2.45) is 0 Å². The molecule has 0 heterocycles. The molecule has 0 aromatic heterocycles. The molecule has 0 aliphatic rings. The van der Waals surface area contributed by atoms with Gasteiger partial charge in [-0.1, -0.05) is 12.2 Å². The van der Waals surface area contributed by atoms with E-state index in [2.05, 4.69) is 6.58 Å². The first-order chi connectivity index (χ1) is 4.65. The van der Waals surface area contributed by atoms with E-state index < -0.39 is 6.16 Å². The Balaban J connectivity index is 0. The molecule has 0 saturated heterocycles. The Morgan fingerprint density at radius 2 is 2.00 bits per heavy atom. The summed E-state index contributed by atoms with van der Waals surface area (Å²) in [6.45, 7) is 3.38. The predicted molar refractivity (Wildman–Crippen MR) is 35.7 cm³/mol. The lowest BCUT2D eigenvalue weighted by atomic mass is 10.4. The van der Waals surface area contributed by atoms with Crippen molar-refractivity contribution in [1.82, 2.24) is 0 Å². The second-order valence-electron chi connectivity index (χ2n) is 1.17. The fraction of sp³-hybridized carbons (Fsp3) is 0.167. The van der Waals surface area contributed by atoms with Crippen LogP contribution in [0.3, 0.4) is 0 Å². The molecule has 0 fully saturated rings. The van der Waals surface area contributed by atoms with E-state index in [4.69, 9.17) is 15.0 Å². The molecule has 0 aliphatic carbocycles. The molecule has 0 spiro atoms. The molecule has 0 amide bonds. The number of hydrogen-bond acceptors (Lipinski definition) is 1. The van der Waals surface area contributed by atoms with Crippen LogP contribution in [0.4, 0.5) is 9.18 Å². The molecule has 0 aromatic rings. The summed E-state index contributed by atoms with van der Waals surface area (Å²) >= 11 is 0. The van der Waals surface area contributed by atoms with Gasteiger partial charge in [0.05, 0.1) is 6.33 Å². The highest BCUT2D eigenvalue weighted by atomic mass is 19.1. The number of carbonyl (C=O) groups is 1. The maximum absolute atomic E-state index is 11.0. The molecular weight excluding hydrogens is 139 g/mol. The second-order valence-corrected chi connectivity index (χ2v) is 1.17. The highest BCUT2D eigenvalue weighted by Crippen LogP contribution is 1.80. The fourth-order valence-corrected chi connectivity index (χ4v) is 0.148. The van der Waals surface area contributed by atoms with E-state index in [0.29, 0.717) is 12.8 Å². The zero-order valence-corrected chi connectivity index (χ0v) is 5.33. The largest absolute Gasteiger partial charge is 0.503 e. The molecule has 0 aromatic carbocycles. The first kappa shape index (κ1) is 11.5. The number of rotatable bonds is 2. The Morgan fingerprint density at radius 3 is 2.10 bits per heavy atom. The van der Waals surface area contributed by atoms with Crippen LogP contribution in [0.5, 0.6) is 0 Å². The zero-order valence-electron chi connectivity index (χ0n) is 5.33. The zero-order chi connectivity index (χ0) is 8.41. The topological polar surface area (TPSA) is 57.5 Å². The van der Waals surface area contributed by atoms with Crippen molar-refractivity contribution in [1.29, 1.82) is 0 Å². The first-order valence-electron chi connectivity index (χ1n) is 2.43. The Bertz CT molecular complexity index is 116. The van der Waals surface area contributed by atoms with Crippen molar-refractivity contribution in [2.75, 3.05) is 0 Å². The van der Waals surface area contributed by atoms with Crippen molar-refractivity contribution in [2.45, 2.75) is 6.42 Å². The number of allylic oxidation sites excluding steroid dienone is 2. The normalized spacial score (nSPS) is 8.10. The van der Waals surface area contributed by atoms with E-state index in [9.17, 15) is 4.39 Å². The fourth-order valence-electron chi connectivity index (χ4n) is 0.148. The van der Waals surface area contributed by atoms with Crippen LogP contribution in [0.2, 0.25) is 0 Å². The third kappa shape index (κ3) is 76.4. The Morgan fingerprint density at radius 1 is 1.60 bits per heavy atom. The average molecular weight is 148 g/mol. The van der Waals surface area contributed by atoms with Crippen LogP contribution in [0.25, 0.3) is 0 Å². The number of hydrogen-bond donors (Lipinski definition) is 2. The van der Waals surface area contributed by atoms with Crippen molar-refractivity contribution in [3.05, 3.63) is 25.1 Å². The minimum Gasteiger partial charge on any atom is -0.450 e. The molecule has 3 nitrogen and oxygen atoms in total. The Kier molecular flexibility index (Phi) is 12.2. The van der Waals surface area contributed by atoms with Crippen molar-refractivity contribution in [3.63, 3.8) is 0 Å². The Labute approximate surface area is 58.1 Å². The van der Waals surface area contributed by atoms with E-state index in [1.165, 1.54) is 6.08 Å². The van der Waals surface area contributed by atoms with Crippen molar-refractivity contribution >= 4 is 6.16 Å². The highest BCUT2D eigenvalue weighted by molar-refractivity contribution is 5.53. The van der Waals surface area contributed by atoms with Gasteiger partial charge >= 0.3 is 6.16 Å². The van der Waals surface area contributed by atoms with Crippen LogP contribution in [0.1, 0.15) is 6.42 Å². The molecule has 0 aliphatic heterocycles. The summed E-state index contributed by atoms with van der Waals surface area (Å²) in [6.07, 6.45) is 2.33. The third-order valence-corrected chi connectivity index (χ3v) is 0.392. The van der Waals surface area contributed by atoms with Gasteiger partial charge in [-0.2, -0.15) is 0 Å². The van der Waals surface area contributed by atoms with Gasteiger partial charge in [0.2, 0.25) is 0 Å². The van der Waals surface area contributed by atoms with Crippen LogP contribution >= 0.6 is 0 Å². The van der Waals surface area contributed by atoms with Crippen molar-refractivity contribution in [3.8, 4) is 0 Å². The summed E-state index contributed by atoms with van der Waals surface area (Å²) in [5.41, 5.74) is 0. The maximum atomic E-state index is 11.0. The van der Waals surface area contributed by atoms with Crippen LogP contribution in [0.15, 0.2) is 25.1 Å². The minimum atomic E-state index is -1.83. The quantitative estimate of drug-likeness (QED) is 0.590. The number of halogens is 1. The molecule has 58 valence electrons. The molecule has 0 radical (unpaired) electrons. The standard InChI is InChI=1S/C5H7F.CH2O3/c1-2-3-4-5-6;2-1(3)4/h2,4-5H,1,3H2;(H2,2,3,4). The lowest BCUT2D eigenvalue weighted by Gasteiger charge is -1.67. The van der Waals surface area contributed by atoms with Gasteiger partial charge in [0, 0.05) is 0 Å². The molecule has 4 heteroatoms. The molecule has 0 bridgehead atoms. The van der Waals surface area contributed by atoms with Gasteiger partial charge in [-0.15, -0.1) is 6.58 Å². The molecule has 0 saturated carbocycles. The molecule has 0 atom stereocenters. The summed E-state index contributed by atoms with van der Waals surface area (Å²) in [4.78, 5) is 8.56. The number of carboxylic acid groups (broad SMARTS) is 2. The van der Waals surface area contributed by atoms with Crippen LogP contribution in [-0.2, 0) is 0 Å². The summed E-state index contributed by atoms with van der Waals surface area (Å²) in [7, 11) is 0. The lowest BCUT2D eigenvalue weighted by Crippen LogP contribution is -1.81. The monoisotopic (exact) mass is 148 g/mol. The van der Waals surface area contributed by atoms with Crippen molar-refractivity contribution < 1.29 is 19.4 Å². The van der Waals surface area contributed by atoms with Gasteiger partial charge in [-0.3, -0.25) is 0 Å². The molecule has 10 heavy (non-hydrogen) atoms. The van der Waals surface area contributed by atoms with Gasteiger partial charge in [0.1, 0.15) is 0 Å². The van der Waals surface area contributed by atoms with Gasteiger partial charge in [-0.25, -0.2) is 9.18 Å². The van der Waals surface area contributed by atoms with Crippen LogP contribution in [-0.4, -0.2) is 16.4 Å². The second kappa shape index (κ2) is 10.6. The molecule has 2 N–H and O–H groups in total. The van der Waals surface area contributed by atoms with Crippen LogP contribution in [0, 0.1) is 0 Å². The van der Waals surface area contributed by atoms with Gasteiger partial charge < -0.3 is 10.2 Å². The SMILES string of the molecule is C=CCC=CF.O=C(O)O. The minimum absolute atomic E-state index is 0.516. The van der Waals surface area contributed by atoms with E-state index >= 15 is 0 Å². The predicted octanol–water partition coefficient (Wildman–Crippen LogP) is 2.27. The first-order valence-corrected chi connectivity index (χ1v) is 2.43. The van der Waals surface area contributed by atoms with Gasteiger partial charge in [0.25, 0.3) is 0 Å². The van der Waals surface area contributed by atoms with E-state index in [0.717, 1.165) is 0 Å². The smallest absolute Gasteiger partial charge is 0.450 e. The van der Waals surface area contributed by atoms with Gasteiger partial charge in [-0.05, 0) is 6.42 Å². The van der Waals surface area contributed by atoms with Crippen LogP contribution < -0.4 is 0 Å². The summed E-state index contributed by atoms with van der Waals surface area (Å²) < 4.78 is 11.0. The molecular formula is C6H9FO3.